The van der Waals surface area contributed by atoms with E-state index in [1.165, 1.54) is 12.3 Å². The number of halogens is 2. The number of ether oxygens (including phenoxy) is 1. The van der Waals surface area contributed by atoms with E-state index < -0.39 is 5.82 Å². The Bertz CT molecular complexity index is 575. The van der Waals surface area contributed by atoms with Gasteiger partial charge in [-0.15, -0.1) is 0 Å². The van der Waals surface area contributed by atoms with Crippen molar-refractivity contribution >= 4 is 11.6 Å². The van der Waals surface area contributed by atoms with Crippen LogP contribution >= 0.6 is 11.6 Å². The van der Waals surface area contributed by atoms with Crippen molar-refractivity contribution in [3.8, 4) is 11.6 Å². The van der Waals surface area contributed by atoms with Crippen LogP contribution in [0.15, 0.2) is 30.5 Å². The number of hydrogen-bond donors (Lipinski definition) is 1. The molecule has 0 aliphatic heterocycles. The highest BCUT2D eigenvalue weighted by Gasteiger charge is 2.12. The number of rotatable bonds is 3. The minimum absolute atomic E-state index is 0.0959. The number of hydrogen-bond acceptors (Lipinski definition) is 3. The number of aromatic nitrogens is 1. The van der Waals surface area contributed by atoms with E-state index in [4.69, 9.17) is 22.1 Å². The molecule has 0 spiro atoms. The zero-order valence-corrected chi connectivity index (χ0v) is 10.5. The fourth-order valence-corrected chi connectivity index (χ4v) is 1.72. The summed E-state index contributed by atoms with van der Waals surface area (Å²) in [6.45, 7) is 1.93. The van der Waals surface area contributed by atoms with Gasteiger partial charge < -0.3 is 10.5 Å². The van der Waals surface area contributed by atoms with Crippen LogP contribution in [-0.4, -0.2) is 4.98 Å². The van der Waals surface area contributed by atoms with Gasteiger partial charge in [0.2, 0.25) is 5.88 Å². The van der Waals surface area contributed by atoms with Crippen LogP contribution in [0.25, 0.3) is 0 Å². The van der Waals surface area contributed by atoms with Crippen molar-refractivity contribution in [3.05, 3.63) is 52.4 Å². The molecule has 94 valence electrons. The maximum Gasteiger partial charge on any atom is 0.238 e. The first kappa shape index (κ1) is 12.8. The van der Waals surface area contributed by atoms with Gasteiger partial charge in [-0.2, -0.15) is 0 Å². The van der Waals surface area contributed by atoms with Crippen molar-refractivity contribution < 1.29 is 9.13 Å². The average molecular weight is 267 g/mol. The third-order valence-corrected chi connectivity index (χ3v) is 2.92. The van der Waals surface area contributed by atoms with E-state index in [-0.39, 0.29) is 18.2 Å². The monoisotopic (exact) mass is 266 g/mol. The Morgan fingerprint density at radius 1 is 1.39 bits per heavy atom. The molecule has 0 radical (unpaired) electrons. The van der Waals surface area contributed by atoms with Crippen molar-refractivity contribution in [2.75, 3.05) is 0 Å². The third-order valence-electron chi connectivity index (χ3n) is 2.52. The molecule has 3 nitrogen and oxygen atoms in total. The van der Waals surface area contributed by atoms with Crippen LogP contribution in [0.1, 0.15) is 11.1 Å². The highest BCUT2D eigenvalue weighted by molar-refractivity contribution is 6.32. The lowest BCUT2D eigenvalue weighted by Gasteiger charge is -2.10. The molecule has 0 aliphatic rings. The van der Waals surface area contributed by atoms with Gasteiger partial charge in [-0.3, -0.25) is 0 Å². The molecular weight excluding hydrogens is 255 g/mol. The molecule has 0 fully saturated rings. The summed E-state index contributed by atoms with van der Waals surface area (Å²) in [7, 11) is 0. The van der Waals surface area contributed by atoms with Crippen molar-refractivity contribution in [1.82, 2.24) is 4.98 Å². The Kier molecular flexibility index (Phi) is 3.79. The van der Waals surface area contributed by atoms with Gasteiger partial charge in [0, 0.05) is 12.7 Å². The third kappa shape index (κ3) is 2.44. The minimum atomic E-state index is -0.423. The fourth-order valence-electron chi connectivity index (χ4n) is 1.49. The van der Waals surface area contributed by atoms with E-state index in [0.717, 1.165) is 0 Å². The van der Waals surface area contributed by atoms with Crippen LogP contribution in [0, 0.1) is 12.7 Å². The quantitative estimate of drug-likeness (QED) is 0.926. The molecule has 0 saturated heterocycles. The SMILES string of the molecule is Cc1cccc(Oc2nccc(CN)c2Cl)c1F. The van der Waals surface area contributed by atoms with Crippen LogP contribution in [-0.2, 0) is 6.54 Å². The Morgan fingerprint density at radius 3 is 2.89 bits per heavy atom. The molecule has 5 heteroatoms. The summed E-state index contributed by atoms with van der Waals surface area (Å²) in [5.41, 5.74) is 6.73. The van der Waals surface area contributed by atoms with E-state index in [1.807, 2.05) is 0 Å². The van der Waals surface area contributed by atoms with Gasteiger partial charge in [0.1, 0.15) is 5.02 Å². The van der Waals surface area contributed by atoms with Crippen LogP contribution in [0.3, 0.4) is 0 Å². The first-order chi connectivity index (χ1) is 8.63. The van der Waals surface area contributed by atoms with E-state index in [0.29, 0.717) is 16.1 Å². The second-order valence-corrected chi connectivity index (χ2v) is 4.16. The molecule has 18 heavy (non-hydrogen) atoms. The number of nitrogens with zero attached hydrogens (tertiary/aromatic N) is 1. The zero-order chi connectivity index (χ0) is 13.1. The van der Waals surface area contributed by atoms with Crippen LogP contribution in [0.2, 0.25) is 5.02 Å². The molecular formula is C13H12ClFN2O. The van der Waals surface area contributed by atoms with Crippen LogP contribution in [0.5, 0.6) is 11.6 Å². The Balaban J connectivity index is 2.37. The highest BCUT2D eigenvalue weighted by atomic mass is 35.5. The van der Waals surface area contributed by atoms with E-state index in [1.54, 1.807) is 25.1 Å². The predicted molar refractivity (Wildman–Crippen MR) is 68.3 cm³/mol. The lowest BCUT2D eigenvalue weighted by atomic mass is 10.2. The maximum atomic E-state index is 13.8. The molecule has 0 amide bonds. The minimum Gasteiger partial charge on any atom is -0.434 e. The summed E-state index contributed by atoms with van der Waals surface area (Å²) in [4.78, 5) is 3.98. The number of pyridine rings is 1. The van der Waals surface area contributed by atoms with Gasteiger partial charge in [0.15, 0.2) is 11.6 Å². The standard InChI is InChI=1S/C13H12ClFN2O/c1-8-3-2-4-10(12(8)15)18-13-11(14)9(7-16)5-6-17-13/h2-6H,7,16H2,1H3. The molecule has 0 saturated carbocycles. The van der Waals surface area contributed by atoms with Gasteiger partial charge in [-0.25, -0.2) is 9.37 Å². The molecule has 1 aromatic carbocycles. The van der Waals surface area contributed by atoms with Crippen molar-refractivity contribution in [2.24, 2.45) is 5.73 Å². The molecule has 2 N–H and O–H groups in total. The van der Waals surface area contributed by atoms with Gasteiger partial charge in [-0.05, 0) is 30.2 Å². The molecule has 0 atom stereocenters. The molecule has 0 aliphatic carbocycles. The normalized spacial score (nSPS) is 10.4. The smallest absolute Gasteiger partial charge is 0.238 e. The van der Waals surface area contributed by atoms with E-state index in [9.17, 15) is 4.39 Å². The highest BCUT2D eigenvalue weighted by Crippen LogP contribution is 2.31. The van der Waals surface area contributed by atoms with Gasteiger partial charge >= 0.3 is 0 Å². The summed E-state index contributed by atoms with van der Waals surface area (Å²) in [5.74, 6) is -0.170. The fraction of sp³-hybridized carbons (Fsp3) is 0.154. The molecule has 0 bridgehead atoms. The van der Waals surface area contributed by atoms with Gasteiger partial charge in [0.05, 0.1) is 0 Å². The summed E-state index contributed by atoms with van der Waals surface area (Å²) in [6, 6.07) is 6.58. The first-order valence-corrected chi connectivity index (χ1v) is 5.77. The van der Waals surface area contributed by atoms with Crippen LogP contribution in [0.4, 0.5) is 4.39 Å². The second-order valence-electron chi connectivity index (χ2n) is 3.78. The molecule has 2 aromatic rings. The van der Waals surface area contributed by atoms with Gasteiger partial charge in [0.25, 0.3) is 0 Å². The largest absolute Gasteiger partial charge is 0.434 e. The van der Waals surface area contributed by atoms with E-state index >= 15 is 0 Å². The second kappa shape index (κ2) is 5.33. The molecule has 2 rings (SSSR count). The molecule has 1 heterocycles. The van der Waals surface area contributed by atoms with Crippen LogP contribution < -0.4 is 10.5 Å². The van der Waals surface area contributed by atoms with Crippen molar-refractivity contribution in [1.29, 1.82) is 0 Å². The van der Waals surface area contributed by atoms with Crippen molar-refractivity contribution in [3.63, 3.8) is 0 Å². The Hall–Kier alpha value is -1.65. The summed E-state index contributed by atoms with van der Waals surface area (Å²) in [6.07, 6.45) is 1.52. The lowest BCUT2D eigenvalue weighted by Crippen LogP contribution is -2.00. The lowest BCUT2D eigenvalue weighted by molar-refractivity contribution is 0.425. The topological polar surface area (TPSA) is 48.1 Å². The zero-order valence-electron chi connectivity index (χ0n) is 9.78. The summed E-state index contributed by atoms with van der Waals surface area (Å²) < 4.78 is 19.2. The number of aryl methyl sites for hydroxylation is 1. The molecule has 1 aromatic heterocycles. The number of benzene rings is 1. The molecule has 0 unspecified atom stereocenters. The maximum absolute atomic E-state index is 13.8. The summed E-state index contributed by atoms with van der Waals surface area (Å²) >= 11 is 6.06. The predicted octanol–water partition coefficient (Wildman–Crippen LogP) is 3.43. The van der Waals surface area contributed by atoms with Crippen molar-refractivity contribution in [2.45, 2.75) is 13.5 Å². The van der Waals surface area contributed by atoms with Gasteiger partial charge in [-0.1, -0.05) is 23.7 Å². The number of nitrogens with two attached hydrogens (primary N) is 1. The summed E-state index contributed by atoms with van der Waals surface area (Å²) in [5, 5.41) is 0.306. The first-order valence-electron chi connectivity index (χ1n) is 5.40. The Morgan fingerprint density at radius 2 is 2.17 bits per heavy atom. The average Bonchev–Trinajstić information content (AvgIpc) is 2.37. The van der Waals surface area contributed by atoms with E-state index in [2.05, 4.69) is 4.98 Å². The Labute approximate surface area is 109 Å².